The van der Waals surface area contributed by atoms with E-state index in [9.17, 15) is 4.91 Å². The molecule has 0 aromatic rings. The smallest absolute Gasteiger partial charge is 0.0524 e. The van der Waals surface area contributed by atoms with Gasteiger partial charge in [0.15, 0.2) is 0 Å². The lowest BCUT2D eigenvalue weighted by atomic mass is 9.63. The average Bonchev–Trinajstić information content (AvgIpc) is 2.69. The standard InChI is InChI=1S/C11H16N2O/c14-12-13-8-10-4-1-2-5-11(10,9-13)7-3-6-10/h1,4H,2-3,5-9H2/t10-,11-/m0/s1. The number of rotatable bonds is 1. The lowest BCUT2D eigenvalue weighted by molar-refractivity contribution is 0.164. The molecule has 0 aromatic carbocycles. The summed E-state index contributed by atoms with van der Waals surface area (Å²) in [6.07, 6.45) is 11.0. The highest BCUT2D eigenvalue weighted by Gasteiger charge is 2.59. The fraction of sp³-hybridized carbons (Fsp3) is 0.818. The Hall–Kier alpha value is -0.860. The summed E-state index contributed by atoms with van der Waals surface area (Å²) in [6.45, 7) is 1.77. The van der Waals surface area contributed by atoms with Crippen molar-refractivity contribution in [3.8, 4) is 0 Å². The highest BCUT2D eigenvalue weighted by molar-refractivity contribution is 5.21. The minimum Gasteiger partial charge on any atom is -0.259 e. The molecule has 1 heterocycles. The lowest BCUT2D eigenvalue weighted by Gasteiger charge is -2.39. The predicted octanol–water partition coefficient (Wildman–Crippen LogP) is 2.49. The van der Waals surface area contributed by atoms with Crippen LogP contribution in [0.25, 0.3) is 0 Å². The van der Waals surface area contributed by atoms with Crippen molar-refractivity contribution < 1.29 is 0 Å². The zero-order chi connectivity index (χ0) is 9.65. The molecule has 3 aliphatic rings. The van der Waals surface area contributed by atoms with E-state index in [0.29, 0.717) is 10.8 Å². The van der Waals surface area contributed by atoms with Gasteiger partial charge in [-0.05, 0) is 25.7 Å². The van der Waals surface area contributed by atoms with Crippen LogP contribution >= 0.6 is 0 Å². The van der Waals surface area contributed by atoms with Crippen molar-refractivity contribution in [1.82, 2.24) is 5.01 Å². The second-order valence-corrected chi connectivity index (χ2v) is 5.14. The molecule has 2 fully saturated rings. The van der Waals surface area contributed by atoms with E-state index in [0.717, 1.165) is 13.1 Å². The van der Waals surface area contributed by atoms with Crippen molar-refractivity contribution >= 4 is 0 Å². The molecule has 1 saturated carbocycles. The highest BCUT2D eigenvalue weighted by atomic mass is 16.3. The lowest BCUT2D eigenvalue weighted by Crippen LogP contribution is -2.36. The van der Waals surface area contributed by atoms with Crippen molar-refractivity contribution in [3.63, 3.8) is 0 Å². The number of hydrogen-bond acceptors (Lipinski definition) is 2. The quantitative estimate of drug-likeness (QED) is 0.472. The van der Waals surface area contributed by atoms with Gasteiger partial charge in [-0.3, -0.25) is 5.01 Å². The van der Waals surface area contributed by atoms with Crippen LogP contribution in [0.2, 0.25) is 0 Å². The van der Waals surface area contributed by atoms with Crippen LogP contribution in [0.4, 0.5) is 0 Å². The monoisotopic (exact) mass is 192 g/mol. The third kappa shape index (κ3) is 0.830. The molecule has 14 heavy (non-hydrogen) atoms. The van der Waals surface area contributed by atoms with Gasteiger partial charge in [-0.25, -0.2) is 0 Å². The molecule has 0 radical (unpaired) electrons. The number of allylic oxidation sites excluding steroid dienone is 1. The van der Waals surface area contributed by atoms with Crippen LogP contribution in [0.3, 0.4) is 0 Å². The van der Waals surface area contributed by atoms with E-state index in [1.807, 2.05) is 0 Å². The van der Waals surface area contributed by atoms with E-state index in [2.05, 4.69) is 17.4 Å². The van der Waals surface area contributed by atoms with E-state index in [1.165, 1.54) is 32.1 Å². The maximum Gasteiger partial charge on any atom is 0.0524 e. The Labute approximate surface area is 84.1 Å². The molecule has 3 nitrogen and oxygen atoms in total. The maximum atomic E-state index is 10.6. The normalized spacial score (nSPS) is 45.0. The minimum absolute atomic E-state index is 0.305. The van der Waals surface area contributed by atoms with E-state index < -0.39 is 0 Å². The van der Waals surface area contributed by atoms with Gasteiger partial charge in [0.2, 0.25) is 0 Å². The van der Waals surface area contributed by atoms with Crippen LogP contribution in [-0.2, 0) is 0 Å². The molecule has 0 unspecified atom stereocenters. The molecule has 1 aliphatic heterocycles. The molecule has 0 amide bonds. The van der Waals surface area contributed by atoms with Crippen LogP contribution in [-0.4, -0.2) is 18.1 Å². The van der Waals surface area contributed by atoms with Crippen LogP contribution in [0.1, 0.15) is 32.1 Å². The molecule has 3 rings (SSSR count). The van der Waals surface area contributed by atoms with Crippen molar-refractivity contribution in [2.24, 2.45) is 16.1 Å². The molecule has 76 valence electrons. The summed E-state index contributed by atoms with van der Waals surface area (Å²) in [5, 5.41) is 4.88. The molecule has 0 bridgehead atoms. The average molecular weight is 192 g/mol. The van der Waals surface area contributed by atoms with E-state index in [-0.39, 0.29) is 0 Å². The van der Waals surface area contributed by atoms with Gasteiger partial charge in [0.05, 0.1) is 5.29 Å². The van der Waals surface area contributed by atoms with Crippen molar-refractivity contribution in [2.45, 2.75) is 32.1 Å². The number of hydrogen-bond donors (Lipinski definition) is 0. The zero-order valence-electron chi connectivity index (χ0n) is 8.41. The van der Waals surface area contributed by atoms with Crippen molar-refractivity contribution in [3.05, 3.63) is 17.1 Å². The fourth-order valence-corrected chi connectivity index (χ4v) is 3.96. The summed E-state index contributed by atoms with van der Waals surface area (Å²) in [6, 6.07) is 0. The molecule has 1 saturated heterocycles. The van der Waals surface area contributed by atoms with Crippen LogP contribution in [0.5, 0.6) is 0 Å². The molecule has 2 atom stereocenters. The Morgan fingerprint density at radius 2 is 2.14 bits per heavy atom. The van der Waals surface area contributed by atoms with Crippen LogP contribution in [0, 0.1) is 15.7 Å². The first kappa shape index (κ1) is 8.45. The Balaban J connectivity index is 2.03. The molecule has 0 N–H and O–H groups in total. The van der Waals surface area contributed by atoms with Gasteiger partial charge in [-0.15, -0.1) is 4.91 Å². The SMILES string of the molecule is O=NN1C[C@@]23C=CCC[C@]2(CCC3)C1. The van der Waals surface area contributed by atoms with E-state index in [1.54, 1.807) is 5.01 Å². The number of nitrogens with zero attached hydrogens (tertiary/aromatic N) is 2. The summed E-state index contributed by atoms with van der Waals surface area (Å²) >= 11 is 0. The van der Waals surface area contributed by atoms with Crippen LogP contribution in [0.15, 0.2) is 17.4 Å². The second kappa shape index (κ2) is 2.59. The molecule has 3 heteroatoms. The largest absolute Gasteiger partial charge is 0.259 e. The summed E-state index contributed by atoms with van der Waals surface area (Å²) in [5.74, 6) is 0. The summed E-state index contributed by atoms with van der Waals surface area (Å²) < 4.78 is 0. The minimum atomic E-state index is 0.305. The third-order valence-corrected chi connectivity index (χ3v) is 4.63. The zero-order valence-corrected chi connectivity index (χ0v) is 8.41. The first-order valence-electron chi connectivity index (χ1n) is 5.56. The van der Waals surface area contributed by atoms with Crippen molar-refractivity contribution in [1.29, 1.82) is 0 Å². The Morgan fingerprint density at radius 1 is 1.21 bits per heavy atom. The Bertz CT molecular complexity index is 302. The summed E-state index contributed by atoms with van der Waals surface area (Å²) in [7, 11) is 0. The maximum absolute atomic E-state index is 10.6. The first-order chi connectivity index (χ1) is 6.80. The second-order valence-electron chi connectivity index (χ2n) is 5.14. The fourth-order valence-electron chi connectivity index (χ4n) is 3.96. The molecule has 0 aromatic heterocycles. The molecule has 0 spiro atoms. The van der Waals surface area contributed by atoms with Gasteiger partial charge in [0.25, 0.3) is 0 Å². The Kier molecular flexibility index (Phi) is 1.56. The predicted molar refractivity (Wildman–Crippen MR) is 54.5 cm³/mol. The Morgan fingerprint density at radius 3 is 2.93 bits per heavy atom. The molecular formula is C11H16N2O. The first-order valence-corrected chi connectivity index (χ1v) is 5.56. The summed E-state index contributed by atoms with van der Waals surface area (Å²) in [4.78, 5) is 10.6. The van der Waals surface area contributed by atoms with Gasteiger partial charge >= 0.3 is 0 Å². The number of nitroso groups, excluding NO2 is 1. The van der Waals surface area contributed by atoms with E-state index >= 15 is 0 Å². The van der Waals surface area contributed by atoms with Gasteiger partial charge < -0.3 is 0 Å². The van der Waals surface area contributed by atoms with Gasteiger partial charge in [-0.1, -0.05) is 18.6 Å². The third-order valence-electron chi connectivity index (χ3n) is 4.63. The molecular weight excluding hydrogens is 176 g/mol. The topological polar surface area (TPSA) is 32.7 Å². The van der Waals surface area contributed by atoms with Crippen molar-refractivity contribution in [2.75, 3.05) is 13.1 Å². The van der Waals surface area contributed by atoms with Gasteiger partial charge in [0, 0.05) is 23.9 Å². The molecule has 2 aliphatic carbocycles. The van der Waals surface area contributed by atoms with Gasteiger partial charge in [0.1, 0.15) is 0 Å². The van der Waals surface area contributed by atoms with Gasteiger partial charge in [-0.2, -0.15) is 0 Å². The van der Waals surface area contributed by atoms with E-state index in [4.69, 9.17) is 0 Å². The highest BCUT2D eigenvalue weighted by Crippen LogP contribution is 2.62. The summed E-state index contributed by atoms with van der Waals surface area (Å²) in [5.41, 5.74) is 0.703. The van der Waals surface area contributed by atoms with Crippen LogP contribution < -0.4 is 0 Å².